The molecule has 38 heavy (non-hydrogen) atoms. The molecule has 8 heteroatoms. The van der Waals surface area contributed by atoms with Gasteiger partial charge in [-0.25, -0.2) is 4.79 Å². The number of anilines is 1. The summed E-state index contributed by atoms with van der Waals surface area (Å²) in [7, 11) is 0. The topological polar surface area (TPSA) is 117 Å². The van der Waals surface area contributed by atoms with Crippen LogP contribution in [0.3, 0.4) is 0 Å². The normalized spacial score (nSPS) is 11.9. The zero-order chi connectivity index (χ0) is 26.8. The van der Waals surface area contributed by atoms with Crippen LogP contribution in [0.1, 0.15) is 35.5 Å². The second-order valence-electron chi connectivity index (χ2n) is 9.22. The molecule has 3 N–H and O–H groups in total. The number of aromatic amines is 1. The van der Waals surface area contributed by atoms with Gasteiger partial charge in [0.25, 0.3) is 0 Å². The molecule has 3 aromatic carbocycles. The average Bonchev–Trinajstić information content (AvgIpc) is 3.46. The molecule has 1 unspecified atom stereocenters. The molecule has 5 aromatic rings. The number of carbonyl (C=O) groups is 2. The molecule has 0 saturated carbocycles. The van der Waals surface area contributed by atoms with Crippen LogP contribution >= 0.6 is 0 Å². The third-order valence-corrected chi connectivity index (χ3v) is 6.44. The van der Waals surface area contributed by atoms with Crippen LogP contribution in [-0.4, -0.2) is 27.3 Å². The summed E-state index contributed by atoms with van der Waals surface area (Å²) >= 11 is 0. The Bertz CT molecular complexity index is 1620. The lowest BCUT2D eigenvalue weighted by Crippen LogP contribution is -2.16. The minimum atomic E-state index is -0.865. The predicted molar refractivity (Wildman–Crippen MR) is 145 cm³/mol. The summed E-state index contributed by atoms with van der Waals surface area (Å²) in [5.74, 6) is -0.446. The molecule has 8 nitrogen and oxygen atoms in total. The Balaban J connectivity index is 1.46. The van der Waals surface area contributed by atoms with Crippen molar-refractivity contribution in [1.29, 1.82) is 0 Å². The quantitative estimate of drug-likeness (QED) is 0.216. The number of rotatable bonds is 7. The van der Waals surface area contributed by atoms with Crippen molar-refractivity contribution < 1.29 is 24.0 Å². The van der Waals surface area contributed by atoms with Gasteiger partial charge >= 0.3 is 12.1 Å². The number of fused-ring (bicyclic) bond motifs is 1. The first-order valence-corrected chi connectivity index (χ1v) is 12.2. The minimum absolute atomic E-state index is 0.0227. The number of ether oxygens (including phenoxy) is 1. The number of carboxylic acid groups (broad SMARTS) is 1. The number of benzene rings is 3. The molecule has 2 heterocycles. The molecular formula is C30H27N3O5. The first-order chi connectivity index (χ1) is 18.3. The molecule has 0 aliphatic rings. The number of hydrogen-bond acceptors (Lipinski definition) is 5. The van der Waals surface area contributed by atoms with Crippen molar-refractivity contribution in [3.05, 3.63) is 95.3 Å². The molecule has 0 radical (unpaired) electrons. The number of carbonyl (C=O) groups excluding carboxylic acids is 1. The highest BCUT2D eigenvalue weighted by molar-refractivity contribution is 6.05. The van der Waals surface area contributed by atoms with Crippen molar-refractivity contribution in [3.8, 4) is 22.5 Å². The Hall–Kier alpha value is -4.85. The van der Waals surface area contributed by atoms with Gasteiger partial charge < -0.3 is 19.4 Å². The number of aryl methyl sites for hydroxylation is 2. The van der Waals surface area contributed by atoms with Crippen molar-refractivity contribution >= 4 is 28.7 Å². The monoisotopic (exact) mass is 509 g/mol. The summed E-state index contributed by atoms with van der Waals surface area (Å²) in [6.45, 7) is 5.54. The van der Waals surface area contributed by atoms with Gasteiger partial charge in [-0.1, -0.05) is 65.8 Å². The first kappa shape index (κ1) is 24.8. The summed E-state index contributed by atoms with van der Waals surface area (Å²) in [5, 5.41) is 16.9. The van der Waals surface area contributed by atoms with Gasteiger partial charge in [-0.3, -0.25) is 10.1 Å². The van der Waals surface area contributed by atoms with Gasteiger partial charge in [0, 0.05) is 16.6 Å². The summed E-state index contributed by atoms with van der Waals surface area (Å²) in [4.78, 5) is 27.2. The Labute approximate surface area is 219 Å². The van der Waals surface area contributed by atoms with E-state index in [1.165, 1.54) is 0 Å². The zero-order valence-corrected chi connectivity index (χ0v) is 21.2. The van der Waals surface area contributed by atoms with Crippen LogP contribution < -0.4 is 5.32 Å². The van der Waals surface area contributed by atoms with Crippen molar-refractivity contribution in [1.82, 2.24) is 10.1 Å². The lowest BCUT2D eigenvalue weighted by Gasteiger charge is -2.14. The van der Waals surface area contributed by atoms with E-state index in [0.717, 1.165) is 44.4 Å². The number of nitrogens with zero attached hydrogens (tertiary/aromatic N) is 1. The summed E-state index contributed by atoms with van der Waals surface area (Å²) in [5.41, 5.74) is 7.07. The Kier molecular flexibility index (Phi) is 6.70. The average molecular weight is 510 g/mol. The molecule has 0 aliphatic heterocycles. The summed E-state index contributed by atoms with van der Waals surface area (Å²) in [6.07, 6.45) is -1.06. The van der Waals surface area contributed by atoms with Crippen LogP contribution in [-0.2, 0) is 16.0 Å². The van der Waals surface area contributed by atoms with E-state index in [4.69, 9.17) is 14.4 Å². The summed E-state index contributed by atoms with van der Waals surface area (Å²) < 4.78 is 11.3. The van der Waals surface area contributed by atoms with Gasteiger partial charge in [0.15, 0.2) is 5.76 Å². The van der Waals surface area contributed by atoms with Crippen LogP contribution in [0.25, 0.3) is 33.4 Å². The Morgan fingerprint density at radius 2 is 1.74 bits per heavy atom. The fourth-order valence-corrected chi connectivity index (χ4v) is 4.56. The second kappa shape index (κ2) is 10.3. The number of hydrogen-bond donors (Lipinski definition) is 3. The molecule has 1 amide bonds. The summed E-state index contributed by atoms with van der Waals surface area (Å²) in [6, 6.07) is 22.9. The highest BCUT2D eigenvalue weighted by Crippen LogP contribution is 2.39. The van der Waals surface area contributed by atoms with Crippen LogP contribution in [0.15, 0.2) is 77.3 Å². The van der Waals surface area contributed by atoms with Crippen molar-refractivity contribution in [2.45, 2.75) is 33.3 Å². The first-order valence-electron chi connectivity index (χ1n) is 12.2. The molecule has 2 aromatic heterocycles. The molecule has 0 bridgehead atoms. The lowest BCUT2D eigenvalue weighted by molar-refractivity contribution is -0.136. The number of carboxylic acids is 1. The Morgan fingerprint density at radius 3 is 2.45 bits per heavy atom. The molecule has 5 rings (SSSR count). The van der Waals surface area contributed by atoms with Gasteiger partial charge in [0.1, 0.15) is 17.5 Å². The molecule has 192 valence electrons. The van der Waals surface area contributed by atoms with Gasteiger partial charge in [-0.05, 0) is 55.2 Å². The zero-order valence-electron chi connectivity index (χ0n) is 21.2. The van der Waals surface area contributed by atoms with Gasteiger partial charge in [0.05, 0.1) is 11.9 Å². The maximum Gasteiger partial charge on any atom is 0.412 e. The third kappa shape index (κ3) is 5.01. The maximum atomic E-state index is 12.8. The number of H-pyrrole nitrogens is 1. The van der Waals surface area contributed by atoms with Gasteiger partial charge in [0.2, 0.25) is 0 Å². The van der Waals surface area contributed by atoms with E-state index >= 15 is 0 Å². The van der Waals surface area contributed by atoms with E-state index in [9.17, 15) is 9.59 Å². The predicted octanol–water partition coefficient (Wildman–Crippen LogP) is 7.04. The van der Waals surface area contributed by atoms with Gasteiger partial charge in [-0.2, -0.15) is 0 Å². The molecule has 1 atom stereocenters. The van der Waals surface area contributed by atoms with E-state index in [1.807, 2.05) is 86.6 Å². The smallest absolute Gasteiger partial charge is 0.412 e. The van der Waals surface area contributed by atoms with E-state index in [2.05, 4.69) is 15.5 Å². The number of aromatic nitrogens is 2. The van der Waals surface area contributed by atoms with Crippen molar-refractivity contribution in [2.75, 3.05) is 5.32 Å². The van der Waals surface area contributed by atoms with Crippen molar-refractivity contribution in [3.63, 3.8) is 0 Å². The van der Waals surface area contributed by atoms with E-state index in [1.54, 1.807) is 6.92 Å². The van der Waals surface area contributed by atoms with Crippen LogP contribution in [0, 0.1) is 13.8 Å². The highest BCUT2D eigenvalue weighted by atomic mass is 16.6. The molecule has 0 aliphatic carbocycles. The van der Waals surface area contributed by atoms with Crippen LogP contribution in [0.4, 0.5) is 10.5 Å². The molecule has 0 spiro atoms. The van der Waals surface area contributed by atoms with E-state index in [-0.39, 0.29) is 6.42 Å². The fraction of sp³-hybridized carbons (Fsp3) is 0.167. The maximum absolute atomic E-state index is 12.8. The van der Waals surface area contributed by atoms with E-state index in [0.29, 0.717) is 17.1 Å². The van der Waals surface area contributed by atoms with Crippen molar-refractivity contribution in [2.24, 2.45) is 0 Å². The second-order valence-corrected chi connectivity index (χ2v) is 9.22. The fourth-order valence-electron chi connectivity index (χ4n) is 4.56. The van der Waals surface area contributed by atoms with Crippen LogP contribution in [0.5, 0.6) is 0 Å². The van der Waals surface area contributed by atoms with Crippen LogP contribution in [0.2, 0.25) is 0 Å². The number of nitrogens with one attached hydrogen (secondary N) is 2. The third-order valence-electron chi connectivity index (χ3n) is 6.44. The molecular weight excluding hydrogens is 482 g/mol. The SMILES string of the molecule is Cc1cc2c(-c3ccc(CC(=O)O)cc3)ccc(-c3onc(C)c3NC(=O)OC(C)c3ccccc3)c2[nH]1. The number of amides is 1. The molecule has 0 saturated heterocycles. The lowest BCUT2D eigenvalue weighted by atomic mass is 9.96. The standard InChI is InChI=1S/C30H27N3O5/c1-17-15-25-23(22-11-9-20(10-12-22)16-26(34)35)13-14-24(28(25)31-17)29-27(18(2)33-38-29)32-30(36)37-19(3)21-7-5-4-6-8-21/h4-15,19,31H,16H2,1-3H3,(H,32,36)(H,34,35). The highest BCUT2D eigenvalue weighted by Gasteiger charge is 2.23. The number of aliphatic carboxylic acids is 1. The molecule has 0 fully saturated rings. The Morgan fingerprint density at radius 1 is 1.03 bits per heavy atom. The minimum Gasteiger partial charge on any atom is -0.481 e. The van der Waals surface area contributed by atoms with E-state index < -0.39 is 18.2 Å². The van der Waals surface area contributed by atoms with Gasteiger partial charge in [-0.15, -0.1) is 0 Å². The largest absolute Gasteiger partial charge is 0.481 e.